The molecule has 0 unspecified atom stereocenters. The zero-order chi connectivity index (χ0) is 11.1. The highest BCUT2D eigenvalue weighted by atomic mass is 14.7. The highest BCUT2D eigenvalue weighted by Gasteiger charge is 1.88. The van der Waals surface area contributed by atoms with Gasteiger partial charge in [-0.25, -0.2) is 0 Å². The number of hydrogen-bond donors (Lipinski definition) is 0. The van der Waals surface area contributed by atoms with Crippen molar-refractivity contribution in [2.75, 3.05) is 0 Å². The van der Waals surface area contributed by atoms with Crippen LogP contribution >= 0.6 is 0 Å². The molecular weight excluding hydrogens is 194 g/mol. The van der Waals surface area contributed by atoms with E-state index in [0.29, 0.717) is 0 Å². The Kier molecular flexibility index (Phi) is 3.89. The van der Waals surface area contributed by atoms with Gasteiger partial charge in [-0.1, -0.05) is 60.7 Å². The third-order valence-electron chi connectivity index (χ3n) is 2.42. The van der Waals surface area contributed by atoms with Crippen molar-refractivity contribution in [3.05, 3.63) is 71.8 Å². The number of aliphatic imine (C=N–C) groups is 1. The molecule has 0 bridgehead atoms. The number of rotatable bonds is 4. The molecule has 0 radical (unpaired) electrons. The SMILES string of the molecule is C(/Cc1ccccc1)=N/Cc1ccccc1. The summed E-state index contributed by atoms with van der Waals surface area (Å²) in [6.45, 7) is 0.772. The Labute approximate surface area is 96.5 Å². The van der Waals surface area contributed by atoms with Crippen molar-refractivity contribution in [3.63, 3.8) is 0 Å². The number of nitrogens with zero attached hydrogens (tertiary/aromatic N) is 1. The maximum Gasteiger partial charge on any atom is 0.0635 e. The lowest BCUT2D eigenvalue weighted by Crippen LogP contribution is -1.86. The van der Waals surface area contributed by atoms with Crippen LogP contribution in [0.4, 0.5) is 0 Å². The Morgan fingerprint density at radius 3 is 1.94 bits per heavy atom. The first kappa shape index (κ1) is 10.6. The predicted octanol–water partition coefficient (Wildman–Crippen LogP) is 3.50. The minimum atomic E-state index is 0.772. The summed E-state index contributed by atoms with van der Waals surface area (Å²) >= 11 is 0. The molecule has 1 heteroatoms. The minimum absolute atomic E-state index is 0.772. The van der Waals surface area contributed by atoms with Crippen LogP contribution in [0.5, 0.6) is 0 Å². The summed E-state index contributed by atoms with van der Waals surface area (Å²) in [4.78, 5) is 4.41. The average molecular weight is 209 g/mol. The second-order valence-corrected chi connectivity index (χ2v) is 3.70. The second kappa shape index (κ2) is 5.86. The normalized spacial score (nSPS) is 10.8. The van der Waals surface area contributed by atoms with Gasteiger partial charge in [0.2, 0.25) is 0 Å². The third-order valence-corrected chi connectivity index (χ3v) is 2.42. The summed E-state index contributed by atoms with van der Waals surface area (Å²) in [7, 11) is 0. The molecule has 0 aliphatic heterocycles. The van der Waals surface area contributed by atoms with Crippen LogP contribution in [0.1, 0.15) is 11.1 Å². The van der Waals surface area contributed by atoms with Gasteiger partial charge < -0.3 is 0 Å². The van der Waals surface area contributed by atoms with Gasteiger partial charge >= 0.3 is 0 Å². The quantitative estimate of drug-likeness (QED) is 0.683. The van der Waals surface area contributed by atoms with Gasteiger partial charge in [0.25, 0.3) is 0 Å². The maximum absolute atomic E-state index is 4.41. The molecule has 2 rings (SSSR count). The molecule has 80 valence electrons. The molecule has 0 amide bonds. The van der Waals surface area contributed by atoms with Crippen LogP contribution in [-0.4, -0.2) is 6.21 Å². The Bertz CT molecular complexity index is 388. The molecule has 0 aliphatic rings. The lowest BCUT2D eigenvalue weighted by molar-refractivity contribution is 1.07. The molecule has 16 heavy (non-hydrogen) atoms. The van der Waals surface area contributed by atoms with Crippen molar-refractivity contribution in [2.24, 2.45) is 4.99 Å². The fourth-order valence-corrected chi connectivity index (χ4v) is 1.54. The van der Waals surface area contributed by atoms with Crippen LogP contribution < -0.4 is 0 Å². The molecule has 1 nitrogen and oxygen atoms in total. The van der Waals surface area contributed by atoms with Crippen LogP contribution in [0.2, 0.25) is 0 Å². The highest BCUT2D eigenvalue weighted by molar-refractivity contribution is 5.61. The van der Waals surface area contributed by atoms with E-state index in [2.05, 4.69) is 41.4 Å². The van der Waals surface area contributed by atoms with E-state index in [0.717, 1.165) is 13.0 Å². The van der Waals surface area contributed by atoms with Crippen molar-refractivity contribution in [2.45, 2.75) is 13.0 Å². The van der Waals surface area contributed by atoms with E-state index in [-0.39, 0.29) is 0 Å². The Balaban J connectivity index is 1.83. The topological polar surface area (TPSA) is 12.4 Å². The molecule has 2 aromatic rings. The van der Waals surface area contributed by atoms with Gasteiger partial charge in [-0.3, -0.25) is 4.99 Å². The van der Waals surface area contributed by atoms with Crippen molar-refractivity contribution in [1.29, 1.82) is 0 Å². The fourth-order valence-electron chi connectivity index (χ4n) is 1.54. The van der Waals surface area contributed by atoms with Gasteiger partial charge in [-0.15, -0.1) is 0 Å². The molecular formula is C15H15N. The summed E-state index contributed by atoms with van der Waals surface area (Å²) < 4.78 is 0. The van der Waals surface area contributed by atoms with E-state index in [1.807, 2.05) is 30.5 Å². The standard InChI is InChI=1S/C15H15N/c1-3-7-14(8-4-1)11-12-16-13-15-9-5-2-6-10-15/h1-10,12H,11,13H2/b16-12-. The van der Waals surface area contributed by atoms with Crippen LogP contribution in [0.3, 0.4) is 0 Å². The van der Waals surface area contributed by atoms with Crippen LogP contribution in [-0.2, 0) is 13.0 Å². The van der Waals surface area contributed by atoms with Crippen LogP contribution in [0.15, 0.2) is 65.7 Å². The van der Waals surface area contributed by atoms with Crippen LogP contribution in [0.25, 0.3) is 0 Å². The maximum atomic E-state index is 4.41. The lowest BCUT2D eigenvalue weighted by Gasteiger charge is -1.96. The van der Waals surface area contributed by atoms with Crippen molar-refractivity contribution < 1.29 is 0 Å². The second-order valence-electron chi connectivity index (χ2n) is 3.70. The van der Waals surface area contributed by atoms with Crippen molar-refractivity contribution >= 4 is 6.21 Å². The molecule has 0 atom stereocenters. The molecule has 0 aromatic heterocycles. The van der Waals surface area contributed by atoms with Gasteiger partial charge in [0, 0.05) is 12.6 Å². The number of benzene rings is 2. The highest BCUT2D eigenvalue weighted by Crippen LogP contribution is 2.01. The summed E-state index contributed by atoms with van der Waals surface area (Å²) in [5.74, 6) is 0. The molecule has 0 saturated carbocycles. The minimum Gasteiger partial charge on any atom is -0.292 e. The molecule has 0 fully saturated rings. The molecule has 0 N–H and O–H groups in total. The lowest BCUT2D eigenvalue weighted by atomic mass is 10.2. The molecule has 0 heterocycles. The number of hydrogen-bond acceptors (Lipinski definition) is 1. The van der Waals surface area contributed by atoms with Gasteiger partial charge in [0.15, 0.2) is 0 Å². The van der Waals surface area contributed by atoms with Crippen LogP contribution in [0, 0.1) is 0 Å². The molecule has 2 aromatic carbocycles. The first-order valence-electron chi connectivity index (χ1n) is 5.51. The van der Waals surface area contributed by atoms with Gasteiger partial charge in [-0.2, -0.15) is 0 Å². The largest absolute Gasteiger partial charge is 0.292 e. The first-order chi connectivity index (χ1) is 7.95. The van der Waals surface area contributed by atoms with E-state index in [1.54, 1.807) is 0 Å². The van der Waals surface area contributed by atoms with E-state index < -0.39 is 0 Å². The first-order valence-corrected chi connectivity index (χ1v) is 5.51. The molecule has 0 saturated heterocycles. The Hall–Kier alpha value is -1.89. The van der Waals surface area contributed by atoms with E-state index in [4.69, 9.17) is 0 Å². The molecule has 0 spiro atoms. The van der Waals surface area contributed by atoms with Crippen molar-refractivity contribution in [3.8, 4) is 0 Å². The third kappa shape index (κ3) is 3.35. The smallest absolute Gasteiger partial charge is 0.0635 e. The zero-order valence-electron chi connectivity index (χ0n) is 9.21. The van der Waals surface area contributed by atoms with Crippen molar-refractivity contribution in [1.82, 2.24) is 0 Å². The van der Waals surface area contributed by atoms with Gasteiger partial charge in [0.1, 0.15) is 0 Å². The summed E-state index contributed by atoms with van der Waals surface area (Å²) in [6.07, 6.45) is 2.90. The van der Waals surface area contributed by atoms with Gasteiger partial charge in [0.05, 0.1) is 6.54 Å². The summed E-state index contributed by atoms with van der Waals surface area (Å²) in [6, 6.07) is 20.7. The fraction of sp³-hybridized carbons (Fsp3) is 0.133. The Morgan fingerprint density at radius 1 is 0.750 bits per heavy atom. The summed E-state index contributed by atoms with van der Waals surface area (Å²) in [5.41, 5.74) is 2.56. The zero-order valence-corrected chi connectivity index (χ0v) is 9.21. The average Bonchev–Trinajstić information content (AvgIpc) is 2.37. The molecule has 0 aliphatic carbocycles. The van der Waals surface area contributed by atoms with E-state index >= 15 is 0 Å². The Morgan fingerprint density at radius 2 is 1.31 bits per heavy atom. The predicted molar refractivity (Wildman–Crippen MR) is 68.8 cm³/mol. The van der Waals surface area contributed by atoms with E-state index in [1.165, 1.54) is 11.1 Å². The van der Waals surface area contributed by atoms with E-state index in [9.17, 15) is 0 Å². The van der Waals surface area contributed by atoms with Gasteiger partial charge in [-0.05, 0) is 11.1 Å². The monoisotopic (exact) mass is 209 g/mol. The summed E-state index contributed by atoms with van der Waals surface area (Å²) in [5, 5.41) is 0.